The zero-order valence-electron chi connectivity index (χ0n) is 11.0. The fourth-order valence-electron chi connectivity index (χ4n) is 1.24. The summed E-state index contributed by atoms with van der Waals surface area (Å²) in [5.74, 6) is 6.45. The maximum absolute atomic E-state index is 3.98. The summed E-state index contributed by atoms with van der Waals surface area (Å²) in [6.07, 6.45) is 1.68. The van der Waals surface area contributed by atoms with Crippen molar-refractivity contribution in [2.75, 3.05) is 5.32 Å². The molecule has 0 amide bonds. The summed E-state index contributed by atoms with van der Waals surface area (Å²) in [7, 11) is 0. The first-order valence-corrected chi connectivity index (χ1v) is 6.35. The van der Waals surface area contributed by atoms with Crippen LogP contribution in [0.2, 0.25) is 0 Å². The summed E-state index contributed by atoms with van der Waals surface area (Å²) in [5, 5.41) is 3.12. The third kappa shape index (κ3) is 4.13. The van der Waals surface area contributed by atoms with Gasteiger partial charge in [-0.25, -0.2) is 0 Å². The molecular weight excluding hydrogens is 226 g/mol. The Balaban J connectivity index is 3.11. The van der Waals surface area contributed by atoms with Crippen LogP contribution in [-0.2, 0) is 0 Å². The van der Waals surface area contributed by atoms with Gasteiger partial charge in [0.25, 0.3) is 0 Å². The lowest BCUT2D eigenvalue weighted by Gasteiger charge is -2.06. The Morgan fingerprint density at radius 2 is 2.12 bits per heavy atom. The fourth-order valence-corrected chi connectivity index (χ4v) is 2.14. The van der Waals surface area contributed by atoms with Crippen LogP contribution in [-0.4, -0.2) is 0 Å². The molecule has 1 N–H and O–H groups in total. The molecule has 0 fully saturated rings. The molecule has 0 saturated carbocycles. The van der Waals surface area contributed by atoms with E-state index in [2.05, 4.69) is 57.2 Å². The van der Waals surface area contributed by atoms with Crippen molar-refractivity contribution in [1.29, 1.82) is 0 Å². The van der Waals surface area contributed by atoms with Crippen LogP contribution in [0.3, 0.4) is 0 Å². The first-order chi connectivity index (χ1) is 7.83. The van der Waals surface area contributed by atoms with Gasteiger partial charge in [0.15, 0.2) is 0 Å². The number of rotatable bonds is 3. The maximum atomic E-state index is 3.98. The van der Waals surface area contributed by atoms with E-state index in [1.165, 1.54) is 0 Å². The van der Waals surface area contributed by atoms with Crippen LogP contribution in [0.1, 0.15) is 37.4 Å². The quantitative estimate of drug-likeness (QED) is 0.759. The molecule has 0 bridgehead atoms. The van der Waals surface area contributed by atoms with Crippen molar-refractivity contribution in [2.24, 2.45) is 5.41 Å². The van der Waals surface area contributed by atoms with E-state index < -0.39 is 0 Å². The van der Waals surface area contributed by atoms with E-state index in [4.69, 9.17) is 0 Å². The summed E-state index contributed by atoms with van der Waals surface area (Å²) in [5.41, 5.74) is 2.11. The summed E-state index contributed by atoms with van der Waals surface area (Å²) in [4.78, 5) is 2.20. The number of hydrogen-bond donors (Lipinski definition) is 1. The van der Waals surface area contributed by atoms with Crippen molar-refractivity contribution in [3.63, 3.8) is 0 Å². The Hall–Kier alpha value is -1.46. The second-order valence-electron chi connectivity index (χ2n) is 4.98. The van der Waals surface area contributed by atoms with E-state index in [1.807, 2.05) is 6.92 Å². The second-order valence-corrected chi connectivity index (χ2v) is 6.03. The summed E-state index contributed by atoms with van der Waals surface area (Å²) in [6, 6.07) is 2.05. The maximum Gasteiger partial charge on any atom is 0.0796 e. The van der Waals surface area contributed by atoms with E-state index in [9.17, 15) is 0 Å². The molecule has 0 atom stereocenters. The second kappa shape index (κ2) is 5.25. The Kier molecular flexibility index (Phi) is 4.20. The van der Waals surface area contributed by atoms with Gasteiger partial charge < -0.3 is 5.32 Å². The first kappa shape index (κ1) is 13.6. The average Bonchev–Trinajstić information content (AvgIpc) is 2.58. The normalized spacial score (nSPS) is 10.4. The topological polar surface area (TPSA) is 12.0 Å². The zero-order valence-corrected chi connectivity index (χ0v) is 11.8. The first-order valence-electron chi connectivity index (χ1n) is 5.54. The van der Waals surface area contributed by atoms with E-state index in [0.29, 0.717) is 0 Å². The molecule has 90 valence electrons. The van der Waals surface area contributed by atoms with Gasteiger partial charge in [-0.1, -0.05) is 25.0 Å². The smallest absolute Gasteiger partial charge is 0.0796 e. The molecule has 17 heavy (non-hydrogen) atoms. The molecule has 0 aliphatic heterocycles. The van der Waals surface area contributed by atoms with Crippen molar-refractivity contribution in [2.45, 2.75) is 27.7 Å². The highest BCUT2D eigenvalue weighted by molar-refractivity contribution is 7.14. The number of nitrogens with one attached hydrogen (secondary N) is 1. The average molecular weight is 245 g/mol. The van der Waals surface area contributed by atoms with Crippen LogP contribution in [0, 0.1) is 17.3 Å². The molecule has 0 unspecified atom stereocenters. The molecule has 1 nitrogen and oxygen atoms in total. The van der Waals surface area contributed by atoms with Crippen LogP contribution in [0.4, 0.5) is 5.69 Å². The van der Waals surface area contributed by atoms with E-state index in [0.717, 1.165) is 21.0 Å². The van der Waals surface area contributed by atoms with Gasteiger partial charge in [-0.3, -0.25) is 0 Å². The lowest BCUT2D eigenvalue weighted by molar-refractivity contribution is 0.571. The molecule has 1 aromatic rings. The summed E-state index contributed by atoms with van der Waals surface area (Å²) < 4.78 is 0. The van der Waals surface area contributed by atoms with Crippen molar-refractivity contribution in [1.82, 2.24) is 0 Å². The van der Waals surface area contributed by atoms with Gasteiger partial charge in [0.1, 0.15) is 0 Å². The molecule has 0 spiro atoms. The van der Waals surface area contributed by atoms with Gasteiger partial charge >= 0.3 is 0 Å². The molecule has 0 saturated heterocycles. The number of hydrogen-bond acceptors (Lipinski definition) is 2. The monoisotopic (exact) mass is 245 g/mol. The summed E-state index contributed by atoms with van der Waals surface area (Å²) >= 11 is 1.66. The molecule has 0 aliphatic rings. The highest BCUT2D eigenvalue weighted by Gasteiger charge is 2.08. The SMILES string of the molecule is C=CNc1cc(C#CC(C)(C)C)sc1C(=C)C. The lowest BCUT2D eigenvalue weighted by atomic mass is 9.98. The third-order valence-corrected chi connectivity index (χ3v) is 3.15. The minimum atomic E-state index is 0.0272. The van der Waals surface area contributed by atoms with Crippen molar-refractivity contribution in [3.8, 4) is 11.8 Å². The Bertz CT molecular complexity index is 489. The highest BCUT2D eigenvalue weighted by Crippen LogP contribution is 2.32. The predicted octanol–water partition coefficient (Wildman–Crippen LogP) is 4.73. The molecule has 0 aliphatic carbocycles. The van der Waals surface area contributed by atoms with Gasteiger partial charge in [-0.15, -0.1) is 11.3 Å². The van der Waals surface area contributed by atoms with Gasteiger partial charge in [0.2, 0.25) is 0 Å². The number of allylic oxidation sites excluding steroid dienone is 1. The van der Waals surface area contributed by atoms with Crippen molar-refractivity contribution < 1.29 is 0 Å². The predicted molar refractivity (Wildman–Crippen MR) is 79.2 cm³/mol. The van der Waals surface area contributed by atoms with Gasteiger partial charge in [0.05, 0.1) is 15.4 Å². The Morgan fingerprint density at radius 3 is 2.59 bits per heavy atom. The Labute approximate surface area is 108 Å². The standard InChI is InChI=1S/C15H19NS/c1-7-16-13-10-12(8-9-15(4,5)6)17-14(13)11(2)3/h7,10,16H,1-2H2,3-6H3. The van der Waals surface area contributed by atoms with Crippen molar-refractivity contribution >= 4 is 22.6 Å². The molecule has 1 heterocycles. The summed E-state index contributed by atoms with van der Waals surface area (Å²) in [6.45, 7) is 16.0. The van der Waals surface area contributed by atoms with Gasteiger partial charge in [-0.2, -0.15) is 0 Å². The molecule has 1 rings (SSSR count). The van der Waals surface area contributed by atoms with E-state index in [1.54, 1.807) is 17.5 Å². The third-order valence-electron chi connectivity index (χ3n) is 1.94. The Morgan fingerprint density at radius 1 is 1.47 bits per heavy atom. The minimum Gasteiger partial charge on any atom is -0.361 e. The fraction of sp³-hybridized carbons (Fsp3) is 0.333. The number of anilines is 1. The molecule has 2 heteroatoms. The largest absolute Gasteiger partial charge is 0.361 e. The van der Waals surface area contributed by atoms with Crippen molar-refractivity contribution in [3.05, 3.63) is 35.2 Å². The van der Waals surface area contributed by atoms with Gasteiger partial charge in [0, 0.05) is 5.41 Å². The van der Waals surface area contributed by atoms with E-state index >= 15 is 0 Å². The van der Waals surface area contributed by atoms with Gasteiger partial charge in [-0.05, 0) is 45.5 Å². The van der Waals surface area contributed by atoms with Crippen LogP contribution >= 0.6 is 11.3 Å². The molecule has 0 radical (unpaired) electrons. The van der Waals surface area contributed by atoms with Crippen LogP contribution in [0.15, 0.2) is 25.4 Å². The molecule has 0 aromatic carbocycles. The van der Waals surface area contributed by atoms with E-state index in [-0.39, 0.29) is 5.41 Å². The van der Waals surface area contributed by atoms with Crippen LogP contribution in [0.5, 0.6) is 0 Å². The minimum absolute atomic E-state index is 0.0272. The number of thiophene rings is 1. The van der Waals surface area contributed by atoms with Crippen LogP contribution in [0.25, 0.3) is 5.57 Å². The lowest BCUT2D eigenvalue weighted by Crippen LogP contribution is -1.98. The molecule has 1 aromatic heterocycles. The zero-order chi connectivity index (χ0) is 13.1. The van der Waals surface area contributed by atoms with Crippen LogP contribution < -0.4 is 5.32 Å². The highest BCUT2D eigenvalue weighted by atomic mass is 32.1. The molecular formula is C15H19NS.